The second kappa shape index (κ2) is 3.81. The first-order valence-corrected chi connectivity index (χ1v) is 5.13. The van der Waals surface area contributed by atoms with Gasteiger partial charge in [-0.25, -0.2) is 0 Å². The van der Waals surface area contributed by atoms with Crippen LogP contribution in [0.1, 0.15) is 5.56 Å². The molecule has 1 unspecified atom stereocenters. The number of alkyl halides is 1. The molecule has 1 heterocycles. The van der Waals surface area contributed by atoms with Gasteiger partial charge in [0.2, 0.25) is 0 Å². The van der Waals surface area contributed by atoms with Crippen molar-refractivity contribution in [1.29, 1.82) is 0 Å². The van der Waals surface area contributed by atoms with Crippen molar-refractivity contribution in [2.75, 3.05) is 11.9 Å². The number of anilines is 1. The standard InChI is InChI=1S/C10H10Cl2N2/c11-8-1-2-9-6(4-8)3-7(5-13)10(12)14-9/h1-4,10,14H,5,13H2. The van der Waals surface area contributed by atoms with E-state index in [4.69, 9.17) is 28.9 Å². The Kier molecular flexibility index (Phi) is 2.68. The lowest BCUT2D eigenvalue weighted by atomic mass is 10.0. The van der Waals surface area contributed by atoms with Crippen LogP contribution in [0.4, 0.5) is 5.69 Å². The minimum absolute atomic E-state index is 0.214. The van der Waals surface area contributed by atoms with E-state index in [9.17, 15) is 0 Å². The molecule has 0 fully saturated rings. The van der Waals surface area contributed by atoms with Crippen molar-refractivity contribution in [3.63, 3.8) is 0 Å². The Labute approximate surface area is 92.7 Å². The van der Waals surface area contributed by atoms with Gasteiger partial charge in [-0.1, -0.05) is 23.2 Å². The highest BCUT2D eigenvalue weighted by atomic mass is 35.5. The van der Waals surface area contributed by atoms with Crippen molar-refractivity contribution >= 4 is 35.0 Å². The number of nitrogens with one attached hydrogen (secondary N) is 1. The predicted molar refractivity (Wildman–Crippen MR) is 61.7 cm³/mol. The molecule has 0 aromatic heterocycles. The van der Waals surface area contributed by atoms with E-state index >= 15 is 0 Å². The SMILES string of the molecule is NCC1=Cc2cc(Cl)ccc2NC1Cl. The third kappa shape index (κ3) is 1.73. The molecule has 0 saturated heterocycles. The summed E-state index contributed by atoms with van der Waals surface area (Å²) >= 11 is 11.9. The number of hydrogen-bond donors (Lipinski definition) is 2. The first-order chi connectivity index (χ1) is 6.70. The van der Waals surface area contributed by atoms with Gasteiger partial charge in [0, 0.05) is 17.3 Å². The Balaban J connectivity index is 2.46. The molecule has 0 bridgehead atoms. The fraction of sp³-hybridized carbons (Fsp3) is 0.200. The fourth-order valence-corrected chi connectivity index (χ4v) is 1.90. The lowest BCUT2D eigenvalue weighted by Crippen LogP contribution is -2.24. The number of halogens is 2. The van der Waals surface area contributed by atoms with Crippen LogP contribution in [0.2, 0.25) is 5.02 Å². The molecule has 74 valence electrons. The molecular weight excluding hydrogens is 219 g/mol. The number of hydrogen-bond acceptors (Lipinski definition) is 2. The Morgan fingerprint density at radius 3 is 2.93 bits per heavy atom. The highest BCUT2D eigenvalue weighted by molar-refractivity contribution is 6.31. The molecule has 2 nitrogen and oxygen atoms in total. The van der Waals surface area contributed by atoms with E-state index in [0.717, 1.165) is 16.8 Å². The molecule has 0 aliphatic carbocycles. The smallest absolute Gasteiger partial charge is 0.125 e. The zero-order chi connectivity index (χ0) is 10.1. The lowest BCUT2D eigenvalue weighted by molar-refractivity contribution is 1.02. The third-order valence-electron chi connectivity index (χ3n) is 2.20. The maximum Gasteiger partial charge on any atom is 0.125 e. The van der Waals surface area contributed by atoms with Gasteiger partial charge in [0.05, 0.1) is 0 Å². The first-order valence-electron chi connectivity index (χ1n) is 4.31. The van der Waals surface area contributed by atoms with Gasteiger partial charge in [0.1, 0.15) is 5.50 Å². The molecule has 4 heteroatoms. The number of rotatable bonds is 1. The van der Waals surface area contributed by atoms with Gasteiger partial charge in [-0.2, -0.15) is 0 Å². The fourth-order valence-electron chi connectivity index (χ4n) is 1.45. The Morgan fingerprint density at radius 2 is 2.21 bits per heavy atom. The highest BCUT2D eigenvalue weighted by Gasteiger charge is 2.16. The van der Waals surface area contributed by atoms with Gasteiger partial charge < -0.3 is 11.1 Å². The second-order valence-electron chi connectivity index (χ2n) is 3.16. The van der Waals surface area contributed by atoms with Gasteiger partial charge in [0.25, 0.3) is 0 Å². The average molecular weight is 229 g/mol. The third-order valence-corrected chi connectivity index (χ3v) is 2.82. The van der Waals surface area contributed by atoms with Crippen molar-refractivity contribution in [2.24, 2.45) is 5.73 Å². The summed E-state index contributed by atoms with van der Waals surface area (Å²) in [5.41, 5.74) is 8.35. The second-order valence-corrected chi connectivity index (χ2v) is 4.03. The summed E-state index contributed by atoms with van der Waals surface area (Å²) in [5, 5.41) is 3.86. The molecule has 1 atom stereocenters. The number of benzene rings is 1. The van der Waals surface area contributed by atoms with E-state index < -0.39 is 0 Å². The Hall–Kier alpha value is -0.700. The summed E-state index contributed by atoms with van der Waals surface area (Å²) in [6, 6.07) is 5.64. The van der Waals surface area contributed by atoms with E-state index in [1.165, 1.54) is 0 Å². The monoisotopic (exact) mass is 228 g/mol. The van der Waals surface area contributed by atoms with Gasteiger partial charge in [-0.15, -0.1) is 0 Å². The van der Waals surface area contributed by atoms with Crippen LogP contribution in [0.3, 0.4) is 0 Å². The number of nitrogens with two attached hydrogens (primary N) is 1. The molecule has 1 aliphatic heterocycles. The van der Waals surface area contributed by atoms with Crippen molar-refractivity contribution in [3.8, 4) is 0 Å². The largest absolute Gasteiger partial charge is 0.365 e. The summed E-state index contributed by atoms with van der Waals surface area (Å²) in [4.78, 5) is 0. The summed E-state index contributed by atoms with van der Waals surface area (Å²) in [5.74, 6) is 0. The molecule has 0 amide bonds. The van der Waals surface area contributed by atoms with E-state index in [0.29, 0.717) is 11.6 Å². The van der Waals surface area contributed by atoms with Crippen LogP contribution < -0.4 is 11.1 Å². The molecule has 0 spiro atoms. The molecule has 1 aromatic rings. The van der Waals surface area contributed by atoms with Gasteiger partial charge in [0.15, 0.2) is 0 Å². The Morgan fingerprint density at radius 1 is 1.43 bits per heavy atom. The van der Waals surface area contributed by atoms with E-state index in [-0.39, 0.29) is 5.50 Å². The normalized spacial score (nSPS) is 19.6. The highest BCUT2D eigenvalue weighted by Crippen LogP contribution is 2.30. The van der Waals surface area contributed by atoms with E-state index in [2.05, 4.69) is 5.32 Å². The maximum atomic E-state index is 6.06. The van der Waals surface area contributed by atoms with Crippen molar-refractivity contribution in [1.82, 2.24) is 0 Å². The summed E-state index contributed by atoms with van der Waals surface area (Å²) in [6.45, 7) is 0.452. The topological polar surface area (TPSA) is 38.0 Å². The van der Waals surface area contributed by atoms with E-state index in [1.54, 1.807) is 0 Å². The number of fused-ring (bicyclic) bond motifs is 1. The minimum Gasteiger partial charge on any atom is -0.365 e. The minimum atomic E-state index is -0.214. The van der Waals surface area contributed by atoms with E-state index in [1.807, 2.05) is 24.3 Å². The van der Waals surface area contributed by atoms with Crippen LogP contribution in [0.5, 0.6) is 0 Å². The summed E-state index contributed by atoms with van der Waals surface area (Å²) in [6.07, 6.45) is 1.98. The molecule has 1 aromatic carbocycles. The van der Waals surface area contributed by atoms with Gasteiger partial charge in [-0.3, -0.25) is 0 Å². The van der Waals surface area contributed by atoms with Crippen molar-refractivity contribution < 1.29 is 0 Å². The quantitative estimate of drug-likeness (QED) is 0.573. The predicted octanol–water partition coefficient (Wildman–Crippen LogP) is 2.67. The molecule has 0 radical (unpaired) electrons. The van der Waals surface area contributed by atoms with Crippen LogP contribution in [0.25, 0.3) is 6.08 Å². The molecule has 1 aliphatic rings. The van der Waals surface area contributed by atoms with Crippen molar-refractivity contribution in [3.05, 3.63) is 34.4 Å². The van der Waals surface area contributed by atoms with Crippen LogP contribution in [0.15, 0.2) is 23.8 Å². The zero-order valence-corrected chi connectivity index (χ0v) is 8.94. The summed E-state index contributed by atoms with van der Waals surface area (Å²) < 4.78 is 0. The average Bonchev–Trinajstić information content (AvgIpc) is 2.17. The summed E-state index contributed by atoms with van der Waals surface area (Å²) in [7, 11) is 0. The van der Waals surface area contributed by atoms with Crippen LogP contribution >= 0.6 is 23.2 Å². The maximum absolute atomic E-state index is 6.06. The molecule has 0 saturated carbocycles. The van der Waals surface area contributed by atoms with Gasteiger partial charge in [-0.05, 0) is 35.4 Å². The Bertz CT molecular complexity index is 388. The zero-order valence-electron chi connectivity index (χ0n) is 7.43. The molecule has 14 heavy (non-hydrogen) atoms. The first kappa shape index (κ1) is 9.84. The van der Waals surface area contributed by atoms with Crippen molar-refractivity contribution in [2.45, 2.75) is 5.50 Å². The van der Waals surface area contributed by atoms with Crippen LogP contribution in [-0.4, -0.2) is 12.0 Å². The lowest BCUT2D eigenvalue weighted by Gasteiger charge is -2.23. The molecule has 3 N–H and O–H groups in total. The molecule has 2 rings (SSSR count). The van der Waals surface area contributed by atoms with Crippen LogP contribution in [0, 0.1) is 0 Å². The van der Waals surface area contributed by atoms with Crippen LogP contribution in [-0.2, 0) is 0 Å². The van der Waals surface area contributed by atoms with Gasteiger partial charge >= 0.3 is 0 Å². The molecular formula is C10H10Cl2N2.